The summed E-state index contributed by atoms with van der Waals surface area (Å²) in [5.74, 6) is 8.53. The summed E-state index contributed by atoms with van der Waals surface area (Å²) in [5.41, 5.74) is 3.64. The first kappa shape index (κ1) is 38.7. The molecule has 0 aromatic heterocycles. The van der Waals surface area contributed by atoms with E-state index < -0.39 is 0 Å². The number of hydrogen-bond acceptors (Lipinski definition) is 0. The zero-order chi connectivity index (χ0) is 38.1. The summed E-state index contributed by atoms with van der Waals surface area (Å²) >= 11 is 0. The highest BCUT2D eigenvalue weighted by atomic mass is 15.2. The molecule has 49 heavy (non-hydrogen) atoms. The second-order valence-electron chi connectivity index (χ2n) is 25.1. The SMILES string of the molecule is CC(C)C(C)C(C)(C)C(C)C(C)(C)C(C)(C)C(C)(C)C(C)(C)C(C)C1(C)C23C(C)CC(C)C2C24C(C)C2C2(C4C)C(C)(C(C)C)C1(C)C32C. The van der Waals surface area contributed by atoms with Gasteiger partial charge < -0.3 is 0 Å². The third kappa shape index (κ3) is 2.87. The average Bonchev–Trinajstić information content (AvgIpc) is 3.41. The molecule has 0 amide bonds. The third-order valence-electron chi connectivity index (χ3n) is 25.5. The zero-order valence-electron chi connectivity index (χ0n) is 38.1. The minimum Gasteiger partial charge on any atom is -0.0625 e. The van der Waals surface area contributed by atoms with Crippen molar-refractivity contribution in [2.45, 2.75) is 180 Å². The van der Waals surface area contributed by atoms with Gasteiger partial charge in [-0.05, 0) is 136 Å². The molecule has 0 aromatic rings. The van der Waals surface area contributed by atoms with Gasteiger partial charge in [-0.2, -0.15) is 0 Å². The quantitative estimate of drug-likeness (QED) is 0.216. The van der Waals surface area contributed by atoms with Crippen molar-refractivity contribution >= 4 is 0 Å². The van der Waals surface area contributed by atoms with Crippen LogP contribution in [-0.2, 0) is 0 Å². The fourth-order valence-corrected chi connectivity index (χ4v) is 21.0. The van der Waals surface area contributed by atoms with Crippen molar-refractivity contribution in [3.63, 3.8) is 0 Å². The van der Waals surface area contributed by atoms with Gasteiger partial charge in [0, 0.05) is 0 Å². The van der Waals surface area contributed by atoms with E-state index in [1.54, 1.807) is 0 Å². The molecule has 284 valence electrons. The lowest BCUT2D eigenvalue weighted by molar-refractivity contribution is -0.613. The van der Waals surface area contributed by atoms with Crippen LogP contribution in [0.4, 0.5) is 0 Å². The van der Waals surface area contributed by atoms with Crippen LogP contribution in [0, 0.1) is 130 Å². The molecule has 0 saturated heterocycles. The van der Waals surface area contributed by atoms with Crippen molar-refractivity contribution in [2.24, 2.45) is 130 Å². The van der Waals surface area contributed by atoms with E-state index in [1.165, 1.54) is 6.42 Å². The van der Waals surface area contributed by atoms with E-state index in [4.69, 9.17) is 0 Å². The molecule has 6 rings (SSSR count). The average molecular weight is 677 g/mol. The summed E-state index contributed by atoms with van der Waals surface area (Å²) in [6, 6.07) is 0. The van der Waals surface area contributed by atoms with Gasteiger partial charge in [-0.25, -0.2) is 0 Å². The Morgan fingerprint density at radius 2 is 1.04 bits per heavy atom. The predicted molar refractivity (Wildman–Crippen MR) is 214 cm³/mol. The lowest BCUT2D eigenvalue weighted by atomic mass is 8.96. The van der Waals surface area contributed by atoms with Gasteiger partial charge in [0.15, 0.2) is 0 Å². The van der Waals surface area contributed by atoms with Crippen LogP contribution in [0.3, 0.4) is 0 Å². The van der Waals surface area contributed by atoms with Crippen LogP contribution < -0.4 is 0 Å². The molecule has 6 aliphatic rings. The van der Waals surface area contributed by atoms with Gasteiger partial charge in [0.25, 0.3) is 0 Å². The van der Waals surface area contributed by atoms with Gasteiger partial charge in [-0.3, -0.25) is 0 Å². The first-order valence-electron chi connectivity index (χ1n) is 21.7. The van der Waals surface area contributed by atoms with Crippen molar-refractivity contribution in [3.8, 4) is 0 Å². The van der Waals surface area contributed by atoms with Gasteiger partial charge in [-0.15, -0.1) is 0 Å². The second kappa shape index (κ2) is 9.44. The molecule has 0 N–H and O–H groups in total. The van der Waals surface area contributed by atoms with Crippen molar-refractivity contribution in [1.29, 1.82) is 0 Å². The Kier molecular flexibility index (Phi) is 7.46. The van der Waals surface area contributed by atoms with E-state index in [9.17, 15) is 0 Å². The molecular weight excluding hydrogens is 589 g/mol. The van der Waals surface area contributed by atoms with E-state index in [0.29, 0.717) is 62.1 Å². The van der Waals surface area contributed by atoms with Gasteiger partial charge in [0.1, 0.15) is 0 Å². The van der Waals surface area contributed by atoms with Crippen molar-refractivity contribution < 1.29 is 0 Å². The molecule has 2 bridgehead atoms. The largest absolute Gasteiger partial charge is 0.0625 e. The van der Waals surface area contributed by atoms with E-state index in [-0.39, 0.29) is 32.5 Å². The molecule has 0 heteroatoms. The van der Waals surface area contributed by atoms with Gasteiger partial charge in [-0.1, -0.05) is 173 Å². The Morgan fingerprint density at radius 3 is 1.47 bits per heavy atom. The summed E-state index contributed by atoms with van der Waals surface area (Å²) in [6.07, 6.45) is 1.45. The van der Waals surface area contributed by atoms with Crippen LogP contribution in [0.2, 0.25) is 0 Å². The first-order chi connectivity index (χ1) is 21.7. The summed E-state index contributed by atoms with van der Waals surface area (Å²) < 4.78 is 0. The summed E-state index contributed by atoms with van der Waals surface area (Å²) in [5, 5.41) is 0. The highest BCUT2D eigenvalue weighted by molar-refractivity contribution is 5.60. The number of rotatable bonds is 10. The maximum Gasteiger partial charge on any atom is -0.0102 e. The van der Waals surface area contributed by atoms with Crippen LogP contribution in [-0.4, -0.2) is 0 Å². The lowest BCUT2D eigenvalue weighted by Gasteiger charge is -3.07. The fraction of sp³-hybridized carbons (Fsp3) is 1.00. The monoisotopic (exact) mass is 677 g/mol. The molecule has 6 saturated carbocycles. The summed E-state index contributed by atoms with van der Waals surface area (Å²) in [4.78, 5) is 0. The molecule has 0 aliphatic heterocycles. The van der Waals surface area contributed by atoms with Gasteiger partial charge >= 0.3 is 0 Å². The summed E-state index contributed by atoms with van der Waals surface area (Å²) in [7, 11) is 0. The van der Waals surface area contributed by atoms with Crippen LogP contribution >= 0.6 is 0 Å². The Morgan fingerprint density at radius 1 is 0.571 bits per heavy atom. The maximum absolute atomic E-state index is 2.94. The minimum atomic E-state index is 0.105. The summed E-state index contributed by atoms with van der Waals surface area (Å²) in [6.45, 7) is 67.5. The highest BCUT2D eigenvalue weighted by Crippen LogP contribution is 3.17. The molecule has 0 aromatic carbocycles. The molecule has 6 fully saturated rings. The van der Waals surface area contributed by atoms with Crippen LogP contribution in [0.15, 0.2) is 0 Å². The Labute approximate surface area is 308 Å². The normalized spacial score (nSPS) is 52.0. The van der Waals surface area contributed by atoms with Crippen molar-refractivity contribution in [1.82, 2.24) is 0 Å². The zero-order valence-corrected chi connectivity index (χ0v) is 38.1. The van der Waals surface area contributed by atoms with Crippen molar-refractivity contribution in [2.75, 3.05) is 0 Å². The topological polar surface area (TPSA) is 0 Å². The molecular formula is C49H88. The Bertz CT molecular complexity index is 1390. The lowest BCUT2D eigenvalue weighted by Crippen LogP contribution is -3.04. The maximum atomic E-state index is 2.94. The van der Waals surface area contributed by atoms with Crippen LogP contribution in [0.5, 0.6) is 0 Å². The van der Waals surface area contributed by atoms with E-state index >= 15 is 0 Å². The molecule has 6 aliphatic carbocycles. The Balaban J connectivity index is 1.53. The smallest absolute Gasteiger partial charge is 0.0102 e. The van der Waals surface area contributed by atoms with Crippen LogP contribution in [0.25, 0.3) is 0 Å². The predicted octanol–water partition coefficient (Wildman–Crippen LogP) is 14.6. The second-order valence-corrected chi connectivity index (χ2v) is 25.1. The standard InChI is InChI=1S/C49H88/c1-27(2)31(7)38(12,13)33(9)39(14,15)41(18,19)42(20,21)40(16,17)34(10)44(23)45(24)43(22,28(3)4)49-35(11)47(32(8)37(47)49)36-29(5)26-30(6)48(36,44)46(45,49)25/h27-37H,26H2,1-25H3. The van der Waals surface area contributed by atoms with E-state index in [2.05, 4.69) is 173 Å². The van der Waals surface area contributed by atoms with Gasteiger partial charge in [0.05, 0.1) is 0 Å². The highest BCUT2D eigenvalue weighted by Gasteiger charge is 3.14. The minimum absolute atomic E-state index is 0.105. The van der Waals surface area contributed by atoms with Gasteiger partial charge in [0.2, 0.25) is 0 Å². The molecule has 0 heterocycles. The Hall–Kier alpha value is 0. The van der Waals surface area contributed by atoms with E-state index in [1.807, 2.05) is 0 Å². The fourth-order valence-electron chi connectivity index (χ4n) is 21.0. The van der Waals surface area contributed by atoms with E-state index in [0.717, 1.165) is 35.5 Å². The van der Waals surface area contributed by atoms with Crippen LogP contribution in [0.1, 0.15) is 180 Å². The van der Waals surface area contributed by atoms with Crippen molar-refractivity contribution in [3.05, 3.63) is 0 Å². The number of hydrogen-bond donors (Lipinski definition) is 0. The first-order valence-corrected chi connectivity index (χ1v) is 21.7. The molecule has 16 unspecified atom stereocenters. The molecule has 16 atom stereocenters. The molecule has 2 spiro atoms. The molecule has 0 radical (unpaired) electrons. The third-order valence-corrected chi connectivity index (χ3v) is 25.5. The molecule has 0 nitrogen and oxygen atoms in total.